The van der Waals surface area contributed by atoms with Crippen LogP contribution in [0.3, 0.4) is 0 Å². The van der Waals surface area contributed by atoms with E-state index in [0.717, 1.165) is 6.07 Å². The Morgan fingerprint density at radius 3 is 2.70 bits per heavy atom. The van der Waals surface area contributed by atoms with Gasteiger partial charge in [0.15, 0.2) is 0 Å². The Labute approximate surface area is 119 Å². The molecule has 0 amide bonds. The first kappa shape index (κ1) is 14.4. The monoisotopic (exact) mass is 316 g/mol. The van der Waals surface area contributed by atoms with Gasteiger partial charge in [-0.1, -0.05) is 11.6 Å². The first-order valence-electron chi connectivity index (χ1n) is 5.27. The minimum atomic E-state index is -4.09. The molecule has 0 saturated heterocycles. The lowest BCUT2D eigenvalue weighted by molar-refractivity contribution is 0.0696. The summed E-state index contributed by atoms with van der Waals surface area (Å²) in [4.78, 5) is 14.3. The van der Waals surface area contributed by atoms with Crippen LogP contribution in [0, 0.1) is 6.92 Å². The van der Waals surface area contributed by atoms with Gasteiger partial charge in [0.1, 0.15) is 11.2 Å². The van der Waals surface area contributed by atoms with Crippen molar-refractivity contribution < 1.29 is 22.7 Å². The molecule has 1 aromatic carbocycles. The van der Waals surface area contributed by atoms with Crippen LogP contribution < -0.4 is 4.72 Å². The van der Waals surface area contributed by atoms with E-state index < -0.39 is 16.0 Å². The van der Waals surface area contributed by atoms with Crippen molar-refractivity contribution in [2.24, 2.45) is 0 Å². The number of anilines is 1. The molecule has 0 aliphatic rings. The average molecular weight is 317 g/mol. The first-order chi connectivity index (χ1) is 9.29. The first-order valence-corrected chi connectivity index (χ1v) is 7.13. The Morgan fingerprint density at radius 1 is 1.45 bits per heavy atom. The van der Waals surface area contributed by atoms with E-state index in [4.69, 9.17) is 21.1 Å². The van der Waals surface area contributed by atoms with Crippen LogP contribution >= 0.6 is 11.6 Å². The van der Waals surface area contributed by atoms with Gasteiger partial charge >= 0.3 is 12.0 Å². The number of carboxylic acid groups (broad SMARTS) is 1. The molecule has 0 aliphatic heterocycles. The summed E-state index contributed by atoms with van der Waals surface area (Å²) < 4.78 is 31.2. The van der Waals surface area contributed by atoms with Crippen LogP contribution in [0.5, 0.6) is 0 Å². The third-order valence-corrected chi connectivity index (χ3v) is 4.11. The van der Waals surface area contributed by atoms with E-state index in [1.165, 1.54) is 18.4 Å². The number of hydrogen-bond donors (Lipinski definition) is 2. The largest absolute Gasteiger partial charge is 0.478 e. The van der Waals surface area contributed by atoms with Crippen molar-refractivity contribution in [1.82, 2.24) is 4.98 Å². The summed E-state index contributed by atoms with van der Waals surface area (Å²) in [5.41, 5.74) is 0.298. The number of carboxylic acids is 1. The summed E-state index contributed by atoms with van der Waals surface area (Å²) in [7, 11) is -4.09. The summed E-state index contributed by atoms with van der Waals surface area (Å²) >= 11 is 5.79. The molecule has 0 saturated carbocycles. The highest BCUT2D eigenvalue weighted by Gasteiger charge is 2.22. The van der Waals surface area contributed by atoms with E-state index in [0.29, 0.717) is 5.69 Å². The highest BCUT2D eigenvalue weighted by atomic mass is 35.5. The van der Waals surface area contributed by atoms with Gasteiger partial charge in [0.25, 0.3) is 10.0 Å². The molecule has 7 nitrogen and oxygen atoms in total. The molecule has 106 valence electrons. The fourth-order valence-corrected chi connectivity index (χ4v) is 2.88. The molecule has 2 aromatic rings. The number of aromatic carboxylic acids is 1. The lowest BCUT2D eigenvalue weighted by Gasteiger charge is -2.07. The van der Waals surface area contributed by atoms with Gasteiger partial charge in [0.2, 0.25) is 0 Å². The number of oxazole rings is 1. The molecule has 2 N–H and O–H groups in total. The summed E-state index contributed by atoms with van der Waals surface area (Å²) in [5, 5.41) is 8.76. The van der Waals surface area contributed by atoms with Crippen LogP contribution in [0.4, 0.5) is 6.01 Å². The zero-order valence-corrected chi connectivity index (χ0v) is 11.7. The summed E-state index contributed by atoms with van der Waals surface area (Å²) in [5.74, 6) is -1.26. The maximum absolute atomic E-state index is 12.1. The predicted molar refractivity (Wildman–Crippen MR) is 70.5 cm³/mol. The Bertz CT molecular complexity index is 769. The molecule has 9 heteroatoms. The second kappa shape index (κ2) is 5.14. The van der Waals surface area contributed by atoms with Gasteiger partial charge in [0, 0.05) is 0 Å². The maximum Gasteiger partial charge on any atom is 0.335 e. The van der Waals surface area contributed by atoms with Crippen LogP contribution in [-0.2, 0) is 10.0 Å². The van der Waals surface area contributed by atoms with Gasteiger partial charge in [-0.15, -0.1) is 0 Å². The van der Waals surface area contributed by atoms with Crippen LogP contribution in [0.25, 0.3) is 0 Å². The van der Waals surface area contributed by atoms with Crippen LogP contribution in [0.15, 0.2) is 33.8 Å². The van der Waals surface area contributed by atoms with Gasteiger partial charge < -0.3 is 9.52 Å². The minimum absolute atomic E-state index is 0.106. The molecular formula is C11H9ClN2O5S. The second-order valence-electron chi connectivity index (χ2n) is 3.85. The second-order valence-corrected chi connectivity index (χ2v) is 5.91. The van der Waals surface area contributed by atoms with E-state index in [1.54, 1.807) is 6.92 Å². The lowest BCUT2D eigenvalue weighted by atomic mass is 10.2. The van der Waals surface area contributed by atoms with E-state index in [2.05, 4.69) is 9.71 Å². The van der Waals surface area contributed by atoms with Crippen molar-refractivity contribution in [3.63, 3.8) is 0 Å². The zero-order chi connectivity index (χ0) is 14.9. The Hall–Kier alpha value is -2.06. The van der Waals surface area contributed by atoms with Crippen molar-refractivity contribution in [2.45, 2.75) is 11.8 Å². The number of nitrogens with one attached hydrogen (secondary N) is 1. The fraction of sp³-hybridized carbons (Fsp3) is 0.0909. The number of hydrogen-bond acceptors (Lipinski definition) is 5. The number of nitrogens with zero attached hydrogens (tertiary/aromatic N) is 1. The Balaban J connectivity index is 2.43. The van der Waals surface area contributed by atoms with Crippen molar-refractivity contribution in [2.75, 3.05) is 4.72 Å². The van der Waals surface area contributed by atoms with Crippen LogP contribution in [-0.4, -0.2) is 24.5 Å². The van der Waals surface area contributed by atoms with Gasteiger partial charge in [-0.3, -0.25) is 0 Å². The molecule has 0 fully saturated rings. The number of benzene rings is 1. The van der Waals surface area contributed by atoms with E-state index in [1.807, 2.05) is 0 Å². The smallest absolute Gasteiger partial charge is 0.335 e. The zero-order valence-electron chi connectivity index (χ0n) is 10.1. The van der Waals surface area contributed by atoms with Gasteiger partial charge in [0.05, 0.1) is 16.3 Å². The molecule has 20 heavy (non-hydrogen) atoms. The number of aromatic nitrogens is 1. The van der Waals surface area contributed by atoms with Gasteiger partial charge in [-0.05, 0) is 25.1 Å². The van der Waals surface area contributed by atoms with Crippen molar-refractivity contribution in [1.29, 1.82) is 0 Å². The fourth-order valence-electron chi connectivity index (χ4n) is 1.41. The topological polar surface area (TPSA) is 110 Å². The third-order valence-electron chi connectivity index (χ3n) is 2.31. The summed E-state index contributed by atoms with van der Waals surface area (Å²) in [6, 6.07) is 3.14. The SMILES string of the molecule is Cc1coc(NS(=O)(=O)c2cc(C(=O)O)ccc2Cl)n1. The van der Waals surface area contributed by atoms with Crippen molar-refractivity contribution >= 4 is 33.6 Å². The summed E-state index contributed by atoms with van der Waals surface area (Å²) in [6.45, 7) is 1.62. The number of aryl methyl sites for hydroxylation is 1. The molecule has 0 radical (unpaired) electrons. The quantitative estimate of drug-likeness (QED) is 0.894. The normalized spacial score (nSPS) is 11.3. The van der Waals surface area contributed by atoms with Gasteiger partial charge in [-0.25, -0.2) is 17.9 Å². The molecule has 2 rings (SSSR count). The predicted octanol–water partition coefficient (Wildman–Crippen LogP) is 2.14. The van der Waals surface area contributed by atoms with Crippen LogP contribution in [0.1, 0.15) is 16.1 Å². The number of carbonyl (C=O) groups is 1. The molecule has 0 spiro atoms. The Kier molecular flexibility index (Phi) is 3.69. The standard InChI is InChI=1S/C11H9ClN2O5S/c1-6-5-19-11(13-6)14-20(17,18)9-4-7(10(15)16)2-3-8(9)12/h2-5H,1H3,(H,13,14)(H,15,16). The highest BCUT2D eigenvalue weighted by molar-refractivity contribution is 7.92. The van der Waals surface area contributed by atoms with E-state index in [9.17, 15) is 13.2 Å². The molecule has 0 aliphatic carbocycles. The molecular weight excluding hydrogens is 308 g/mol. The number of sulfonamides is 1. The van der Waals surface area contributed by atoms with E-state index in [-0.39, 0.29) is 21.5 Å². The summed E-state index contributed by atoms with van der Waals surface area (Å²) in [6.07, 6.45) is 1.27. The molecule has 1 aromatic heterocycles. The third kappa shape index (κ3) is 2.91. The maximum atomic E-state index is 12.1. The molecule has 1 heterocycles. The highest BCUT2D eigenvalue weighted by Crippen LogP contribution is 2.24. The minimum Gasteiger partial charge on any atom is -0.478 e. The van der Waals surface area contributed by atoms with Crippen molar-refractivity contribution in [3.8, 4) is 0 Å². The van der Waals surface area contributed by atoms with Gasteiger partial charge in [-0.2, -0.15) is 4.98 Å². The molecule has 0 unspecified atom stereocenters. The molecule has 0 atom stereocenters. The molecule has 0 bridgehead atoms. The van der Waals surface area contributed by atoms with Crippen molar-refractivity contribution in [3.05, 3.63) is 40.7 Å². The number of rotatable bonds is 4. The van der Waals surface area contributed by atoms with Crippen LogP contribution in [0.2, 0.25) is 5.02 Å². The Morgan fingerprint density at radius 2 is 2.15 bits per heavy atom. The number of halogens is 1. The lowest BCUT2D eigenvalue weighted by Crippen LogP contribution is -2.14. The average Bonchev–Trinajstić information content (AvgIpc) is 2.73. The van der Waals surface area contributed by atoms with E-state index >= 15 is 0 Å².